The van der Waals surface area contributed by atoms with Gasteiger partial charge in [-0.25, -0.2) is 4.79 Å². The molecule has 34 heavy (non-hydrogen) atoms. The number of hydrogen-bond donors (Lipinski definition) is 3. The van der Waals surface area contributed by atoms with Crippen molar-refractivity contribution in [1.82, 2.24) is 15.5 Å². The molecule has 0 spiro atoms. The van der Waals surface area contributed by atoms with E-state index in [2.05, 4.69) is 15.4 Å². The molecule has 10 nitrogen and oxygen atoms in total. The van der Waals surface area contributed by atoms with Crippen molar-refractivity contribution in [3.8, 4) is 0 Å². The number of carbonyl (C=O) groups excluding carboxylic acids is 4. The van der Waals surface area contributed by atoms with Crippen LogP contribution in [0.25, 0.3) is 0 Å². The maximum atomic E-state index is 13.5. The number of nitrogens with zero attached hydrogens (tertiary/aromatic N) is 1. The number of alkyl carbamates (subject to hydrolysis) is 1. The highest BCUT2D eigenvalue weighted by Crippen LogP contribution is 2.27. The quantitative estimate of drug-likeness (QED) is 0.435. The Balaban J connectivity index is 3.39. The number of carbonyl (C=O) groups is 4. The number of aliphatic hydroxyl groups is 1. The first kappa shape index (κ1) is 28.9. The Labute approximate surface area is 201 Å². The molecule has 0 aliphatic heterocycles. The minimum Gasteiger partial charge on any atom is -0.468 e. The molecular formula is C24H37N3O7. The first-order chi connectivity index (χ1) is 15.8. The molecule has 190 valence electrons. The topological polar surface area (TPSA) is 134 Å². The monoisotopic (exact) mass is 479 g/mol. The molecule has 1 aromatic carbocycles. The maximum Gasteiger partial charge on any atom is 0.408 e. The van der Waals surface area contributed by atoms with Crippen LogP contribution in [0.5, 0.6) is 0 Å². The summed E-state index contributed by atoms with van der Waals surface area (Å²) in [6.07, 6.45) is -0.364. The summed E-state index contributed by atoms with van der Waals surface area (Å²) < 4.78 is 9.80. The van der Waals surface area contributed by atoms with E-state index < -0.39 is 48.2 Å². The van der Waals surface area contributed by atoms with Crippen LogP contribution in [0.3, 0.4) is 0 Å². The number of benzene rings is 1. The van der Waals surface area contributed by atoms with Gasteiger partial charge in [0.2, 0.25) is 11.8 Å². The lowest BCUT2D eigenvalue weighted by Gasteiger charge is -2.34. The molecule has 0 bridgehead atoms. The molecule has 0 heterocycles. The van der Waals surface area contributed by atoms with Crippen LogP contribution in [-0.2, 0) is 23.9 Å². The van der Waals surface area contributed by atoms with E-state index in [-0.39, 0.29) is 13.1 Å². The van der Waals surface area contributed by atoms with E-state index >= 15 is 0 Å². The van der Waals surface area contributed by atoms with Gasteiger partial charge >= 0.3 is 12.1 Å². The molecule has 0 fully saturated rings. The molecule has 0 radical (unpaired) electrons. The maximum absolute atomic E-state index is 13.5. The van der Waals surface area contributed by atoms with Gasteiger partial charge in [-0.2, -0.15) is 0 Å². The molecule has 3 N–H and O–H groups in total. The molecule has 1 rings (SSSR count). The van der Waals surface area contributed by atoms with Crippen molar-refractivity contribution in [1.29, 1.82) is 0 Å². The van der Waals surface area contributed by atoms with E-state index in [0.29, 0.717) is 12.0 Å². The molecule has 1 aromatic rings. The van der Waals surface area contributed by atoms with Crippen LogP contribution in [0.2, 0.25) is 0 Å². The van der Waals surface area contributed by atoms with E-state index in [1.807, 2.05) is 32.9 Å². The second-order valence-electron chi connectivity index (χ2n) is 8.97. The SMILES string of the molecule is CCCN(C(=O)C(CO)NC(=O)OC(C)(C)C)C(C(=O)NCC(=O)OC)c1cc(C)ccc1C. The highest BCUT2D eigenvalue weighted by atomic mass is 16.6. The van der Waals surface area contributed by atoms with Crippen molar-refractivity contribution >= 4 is 23.9 Å². The number of methoxy groups -OCH3 is 1. The number of aryl methyl sites for hydroxylation is 2. The number of aliphatic hydroxyl groups excluding tert-OH is 1. The molecular weight excluding hydrogens is 442 g/mol. The van der Waals surface area contributed by atoms with Gasteiger partial charge < -0.3 is 30.1 Å². The minimum absolute atomic E-state index is 0.162. The average molecular weight is 480 g/mol. The second-order valence-corrected chi connectivity index (χ2v) is 8.97. The van der Waals surface area contributed by atoms with Crippen LogP contribution in [-0.4, -0.2) is 72.3 Å². The lowest BCUT2D eigenvalue weighted by molar-refractivity contribution is -0.145. The van der Waals surface area contributed by atoms with Crippen LogP contribution >= 0.6 is 0 Å². The number of nitrogens with one attached hydrogen (secondary N) is 2. The molecule has 0 saturated heterocycles. The summed E-state index contributed by atoms with van der Waals surface area (Å²) in [7, 11) is 1.21. The van der Waals surface area contributed by atoms with E-state index in [0.717, 1.165) is 11.1 Å². The summed E-state index contributed by atoms with van der Waals surface area (Å²) >= 11 is 0. The zero-order valence-electron chi connectivity index (χ0n) is 21.1. The highest BCUT2D eigenvalue weighted by molar-refractivity contribution is 5.93. The van der Waals surface area contributed by atoms with E-state index in [1.165, 1.54) is 12.0 Å². The van der Waals surface area contributed by atoms with Gasteiger partial charge in [0.05, 0.1) is 13.7 Å². The van der Waals surface area contributed by atoms with Crippen molar-refractivity contribution in [2.45, 2.75) is 65.6 Å². The van der Waals surface area contributed by atoms with Crippen LogP contribution in [0.15, 0.2) is 18.2 Å². The largest absolute Gasteiger partial charge is 0.468 e. The molecule has 10 heteroatoms. The Kier molecular flexibility index (Phi) is 11.0. The molecule has 0 aromatic heterocycles. The minimum atomic E-state index is -1.33. The number of rotatable bonds is 10. The predicted molar refractivity (Wildman–Crippen MR) is 126 cm³/mol. The van der Waals surface area contributed by atoms with Gasteiger partial charge in [0.15, 0.2) is 0 Å². The molecule has 3 amide bonds. The zero-order chi connectivity index (χ0) is 26.1. The summed E-state index contributed by atoms with van der Waals surface area (Å²) in [6.45, 7) is 9.63. The lowest BCUT2D eigenvalue weighted by atomic mass is 9.96. The third-order valence-corrected chi connectivity index (χ3v) is 4.84. The Morgan fingerprint density at radius 1 is 1.15 bits per heavy atom. The summed E-state index contributed by atoms with van der Waals surface area (Å²) in [4.78, 5) is 51.9. The molecule has 2 atom stereocenters. The summed E-state index contributed by atoms with van der Waals surface area (Å²) in [5.41, 5.74) is 1.41. The standard InChI is InChI=1S/C24H37N3O7/c1-8-11-27(22(31)18(14-28)26-23(32)34-24(4,5)6)20(21(30)25-13-19(29)33-7)17-12-15(2)9-10-16(17)3/h9-10,12,18,20,28H,8,11,13-14H2,1-7H3,(H,25,30)(H,26,32). The van der Waals surface area contributed by atoms with E-state index in [1.54, 1.807) is 26.8 Å². The van der Waals surface area contributed by atoms with Gasteiger partial charge in [-0.05, 0) is 52.2 Å². The van der Waals surface area contributed by atoms with Crippen molar-refractivity contribution in [3.05, 3.63) is 34.9 Å². The normalized spacial score (nSPS) is 12.8. The highest BCUT2D eigenvalue weighted by Gasteiger charge is 2.36. The lowest BCUT2D eigenvalue weighted by Crippen LogP contribution is -2.54. The van der Waals surface area contributed by atoms with Crippen molar-refractivity contribution in [2.75, 3.05) is 26.8 Å². The number of ether oxygens (including phenoxy) is 2. The summed E-state index contributed by atoms with van der Waals surface area (Å²) in [6, 6.07) is 3.08. The second kappa shape index (κ2) is 12.9. The Bertz CT molecular complexity index is 880. The van der Waals surface area contributed by atoms with Crippen molar-refractivity contribution in [2.24, 2.45) is 0 Å². The van der Waals surface area contributed by atoms with Gasteiger partial charge in [0, 0.05) is 6.54 Å². The van der Waals surface area contributed by atoms with Crippen LogP contribution in [0, 0.1) is 13.8 Å². The third-order valence-electron chi connectivity index (χ3n) is 4.84. The van der Waals surface area contributed by atoms with E-state index in [9.17, 15) is 24.3 Å². The average Bonchev–Trinajstić information content (AvgIpc) is 2.75. The smallest absolute Gasteiger partial charge is 0.408 e. The fraction of sp³-hybridized carbons (Fsp3) is 0.583. The van der Waals surface area contributed by atoms with Crippen molar-refractivity contribution in [3.63, 3.8) is 0 Å². The Morgan fingerprint density at radius 3 is 2.32 bits per heavy atom. The van der Waals surface area contributed by atoms with Crippen LogP contribution in [0.4, 0.5) is 4.79 Å². The van der Waals surface area contributed by atoms with Gasteiger partial charge in [-0.1, -0.05) is 30.7 Å². The first-order valence-electron chi connectivity index (χ1n) is 11.2. The van der Waals surface area contributed by atoms with Crippen LogP contribution in [0.1, 0.15) is 56.8 Å². The summed E-state index contributed by atoms with van der Waals surface area (Å²) in [5.74, 6) is -1.88. The van der Waals surface area contributed by atoms with Gasteiger partial charge in [0.1, 0.15) is 24.2 Å². The van der Waals surface area contributed by atoms with Gasteiger partial charge in [-0.15, -0.1) is 0 Å². The van der Waals surface area contributed by atoms with Crippen molar-refractivity contribution < 1.29 is 33.8 Å². The van der Waals surface area contributed by atoms with Gasteiger partial charge in [0.25, 0.3) is 0 Å². The fourth-order valence-electron chi connectivity index (χ4n) is 3.28. The molecule has 0 aliphatic carbocycles. The first-order valence-corrected chi connectivity index (χ1v) is 11.2. The predicted octanol–water partition coefficient (Wildman–Crippen LogP) is 1.76. The summed E-state index contributed by atoms with van der Waals surface area (Å²) in [5, 5.41) is 14.8. The molecule has 2 unspecified atom stereocenters. The van der Waals surface area contributed by atoms with E-state index in [4.69, 9.17) is 4.74 Å². The fourth-order valence-corrected chi connectivity index (χ4v) is 3.28. The number of esters is 1. The Hall–Kier alpha value is -3.14. The molecule has 0 aliphatic rings. The molecule has 0 saturated carbocycles. The number of amides is 3. The zero-order valence-corrected chi connectivity index (χ0v) is 21.1. The van der Waals surface area contributed by atoms with Gasteiger partial charge in [-0.3, -0.25) is 14.4 Å². The van der Waals surface area contributed by atoms with Crippen LogP contribution < -0.4 is 10.6 Å². The number of hydrogen-bond acceptors (Lipinski definition) is 7. The Morgan fingerprint density at radius 2 is 1.79 bits per heavy atom. The third kappa shape index (κ3) is 8.66.